The van der Waals surface area contributed by atoms with Crippen LogP contribution in [0.4, 0.5) is 0 Å². The summed E-state index contributed by atoms with van der Waals surface area (Å²) in [6.07, 6.45) is 0. The van der Waals surface area contributed by atoms with Crippen LogP contribution < -0.4 is 5.32 Å². The van der Waals surface area contributed by atoms with E-state index in [1.807, 2.05) is 13.8 Å². The van der Waals surface area contributed by atoms with Gasteiger partial charge in [0.1, 0.15) is 5.75 Å². The van der Waals surface area contributed by atoms with Crippen molar-refractivity contribution in [1.29, 1.82) is 5.26 Å². The highest BCUT2D eigenvalue weighted by atomic mass is 35.5. The highest BCUT2D eigenvalue weighted by molar-refractivity contribution is 6.32. The lowest BCUT2D eigenvalue weighted by molar-refractivity contribution is 0.433. The third kappa shape index (κ3) is 3.41. The number of halogens is 1. The van der Waals surface area contributed by atoms with Gasteiger partial charge in [-0.3, -0.25) is 0 Å². The summed E-state index contributed by atoms with van der Waals surface area (Å²) in [7, 11) is 0. The summed E-state index contributed by atoms with van der Waals surface area (Å²) in [6, 6.07) is 7.43. The minimum atomic E-state index is -0.409. The van der Waals surface area contributed by atoms with Crippen LogP contribution in [0.1, 0.15) is 19.4 Å². The molecule has 0 aliphatic rings. The molecule has 16 heavy (non-hydrogen) atoms. The number of phenols is 1. The van der Waals surface area contributed by atoms with Gasteiger partial charge in [-0.15, -0.1) is 0 Å². The second kappa shape index (κ2) is 5.20. The van der Waals surface area contributed by atoms with Gasteiger partial charge in [0, 0.05) is 18.7 Å². The number of rotatable bonds is 4. The van der Waals surface area contributed by atoms with E-state index in [1.165, 1.54) is 0 Å². The Morgan fingerprint density at radius 3 is 2.81 bits per heavy atom. The molecule has 2 N–H and O–H groups in total. The van der Waals surface area contributed by atoms with Gasteiger partial charge in [0.15, 0.2) is 0 Å². The Hall–Kier alpha value is -1.24. The van der Waals surface area contributed by atoms with Crippen LogP contribution in [-0.4, -0.2) is 11.7 Å². The maximum absolute atomic E-state index is 9.65. The van der Waals surface area contributed by atoms with E-state index in [1.54, 1.807) is 18.2 Å². The number of para-hydroxylation sites is 1. The Morgan fingerprint density at radius 1 is 1.50 bits per heavy atom. The summed E-state index contributed by atoms with van der Waals surface area (Å²) < 4.78 is 0. The third-order valence-corrected chi connectivity index (χ3v) is 2.56. The Bertz CT molecular complexity index is 410. The average Bonchev–Trinajstić information content (AvgIpc) is 2.24. The molecular formula is C12H15ClN2O. The maximum Gasteiger partial charge on any atom is 0.138 e. The molecule has 0 aliphatic heterocycles. The summed E-state index contributed by atoms with van der Waals surface area (Å²) in [5, 5.41) is 21.9. The zero-order chi connectivity index (χ0) is 12.2. The van der Waals surface area contributed by atoms with Gasteiger partial charge in [0.2, 0.25) is 0 Å². The van der Waals surface area contributed by atoms with E-state index in [9.17, 15) is 5.11 Å². The van der Waals surface area contributed by atoms with Crippen LogP contribution in [0.25, 0.3) is 0 Å². The molecule has 0 aromatic heterocycles. The van der Waals surface area contributed by atoms with Gasteiger partial charge in [0.05, 0.1) is 16.5 Å². The van der Waals surface area contributed by atoms with Crippen molar-refractivity contribution in [2.45, 2.75) is 20.4 Å². The minimum Gasteiger partial charge on any atom is -0.506 e. The average molecular weight is 239 g/mol. The molecule has 4 heteroatoms. The van der Waals surface area contributed by atoms with Crippen LogP contribution in [0, 0.1) is 16.7 Å². The largest absolute Gasteiger partial charge is 0.506 e. The van der Waals surface area contributed by atoms with Crippen LogP contribution in [0.3, 0.4) is 0 Å². The second-order valence-electron chi connectivity index (χ2n) is 4.35. The van der Waals surface area contributed by atoms with E-state index in [0.717, 1.165) is 5.56 Å². The molecule has 0 aliphatic carbocycles. The topological polar surface area (TPSA) is 56.0 Å². The fourth-order valence-corrected chi connectivity index (χ4v) is 1.45. The van der Waals surface area contributed by atoms with E-state index in [-0.39, 0.29) is 5.75 Å². The number of nitrogens with one attached hydrogen (secondary N) is 1. The van der Waals surface area contributed by atoms with Crippen molar-refractivity contribution in [1.82, 2.24) is 5.32 Å². The number of hydrogen-bond acceptors (Lipinski definition) is 3. The molecule has 0 saturated carbocycles. The molecule has 0 fully saturated rings. The maximum atomic E-state index is 9.65. The Morgan fingerprint density at radius 2 is 2.19 bits per heavy atom. The lowest BCUT2D eigenvalue weighted by atomic mass is 9.96. The number of hydrogen-bond donors (Lipinski definition) is 2. The van der Waals surface area contributed by atoms with Crippen molar-refractivity contribution in [3.05, 3.63) is 28.8 Å². The first kappa shape index (κ1) is 12.8. The summed E-state index contributed by atoms with van der Waals surface area (Å²) in [5.74, 6) is 0.103. The number of nitrogens with zero attached hydrogens (tertiary/aromatic N) is 1. The molecule has 0 radical (unpaired) electrons. The van der Waals surface area contributed by atoms with Gasteiger partial charge >= 0.3 is 0 Å². The summed E-state index contributed by atoms with van der Waals surface area (Å²) in [6.45, 7) is 4.78. The first-order chi connectivity index (χ1) is 7.46. The molecule has 0 saturated heterocycles. The van der Waals surface area contributed by atoms with Crippen LogP contribution in [-0.2, 0) is 6.54 Å². The number of nitriles is 1. The van der Waals surface area contributed by atoms with Crippen molar-refractivity contribution < 1.29 is 5.11 Å². The van der Waals surface area contributed by atoms with Crippen LogP contribution in [0.5, 0.6) is 5.75 Å². The zero-order valence-corrected chi connectivity index (χ0v) is 10.2. The smallest absolute Gasteiger partial charge is 0.138 e. The van der Waals surface area contributed by atoms with Crippen molar-refractivity contribution >= 4 is 11.6 Å². The lowest BCUT2D eigenvalue weighted by Crippen LogP contribution is -2.27. The lowest BCUT2D eigenvalue weighted by Gasteiger charge is -2.16. The van der Waals surface area contributed by atoms with Crippen LogP contribution >= 0.6 is 11.6 Å². The van der Waals surface area contributed by atoms with Crippen LogP contribution in [0.2, 0.25) is 5.02 Å². The van der Waals surface area contributed by atoms with E-state index in [4.69, 9.17) is 16.9 Å². The van der Waals surface area contributed by atoms with Crippen molar-refractivity contribution in [3.8, 4) is 11.8 Å². The summed E-state index contributed by atoms with van der Waals surface area (Å²) >= 11 is 5.78. The molecule has 1 rings (SSSR count). The minimum absolute atomic E-state index is 0.103. The highest BCUT2D eigenvalue weighted by Gasteiger charge is 2.15. The van der Waals surface area contributed by atoms with E-state index >= 15 is 0 Å². The van der Waals surface area contributed by atoms with Gasteiger partial charge in [-0.1, -0.05) is 23.7 Å². The fraction of sp³-hybridized carbons (Fsp3) is 0.417. The zero-order valence-electron chi connectivity index (χ0n) is 9.42. The second-order valence-corrected chi connectivity index (χ2v) is 4.75. The molecule has 0 unspecified atom stereocenters. The molecule has 1 aromatic rings. The number of aromatic hydroxyl groups is 1. The predicted molar refractivity (Wildman–Crippen MR) is 64.2 cm³/mol. The Labute approximate surface area is 101 Å². The molecule has 0 heterocycles. The molecule has 0 spiro atoms. The third-order valence-electron chi connectivity index (χ3n) is 2.26. The van der Waals surface area contributed by atoms with Crippen molar-refractivity contribution in [2.75, 3.05) is 6.54 Å². The molecule has 0 bridgehead atoms. The quantitative estimate of drug-likeness (QED) is 0.848. The molecule has 3 nitrogen and oxygen atoms in total. The standard InChI is InChI=1S/C12H15ClN2O/c1-12(2,7-14)8-15-6-9-4-3-5-10(13)11(9)16/h3-5,15-16H,6,8H2,1-2H3. The van der Waals surface area contributed by atoms with Gasteiger partial charge < -0.3 is 10.4 Å². The monoisotopic (exact) mass is 238 g/mol. The molecule has 0 amide bonds. The normalized spacial score (nSPS) is 11.1. The van der Waals surface area contributed by atoms with E-state index in [2.05, 4.69) is 11.4 Å². The van der Waals surface area contributed by atoms with E-state index in [0.29, 0.717) is 18.1 Å². The van der Waals surface area contributed by atoms with Gasteiger partial charge in [-0.25, -0.2) is 0 Å². The summed E-state index contributed by atoms with van der Waals surface area (Å²) in [4.78, 5) is 0. The first-order valence-corrected chi connectivity index (χ1v) is 5.42. The Balaban J connectivity index is 2.57. The Kier molecular flexibility index (Phi) is 4.17. The predicted octanol–water partition coefficient (Wildman–Crippen LogP) is 2.68. The fourth-order valence-electron chi connectivity index (χ4n) is 1.25. The van der Waals surface area contributed by atoms with Crippen molar-refractivity contribution in [3.63, 3.8) is 0 Å². The molecule has 0 atom stereocenters. The number of phenolic OH excluding ortho intramolecular Hbond substituents is 1. The highest BCUT2D eigenvalue weighted by Crippen LogP contribution is 2.26. The molecule has 86 valence electrons. The SMILES string of the molecule is CC(C)(C#N)CNCc1cccc(Cl)c1O. The van der Waals surface area contributed by atoms with Crippen LogP contribution in [0.15, 0.2) is 18.2 Å². The summed E-state index contributed by atoms with van der Waals surface area (Å²) in [5.41, 5.74) is 0.329. The first-order valence-electron chi connectivity index (χ1n) is 5.04. The molecular weight excluding hydrogens is 224 g/mol. The van der Waals surface area contributed by atoms with Crippen molar-refractivity contribution in [2.24, 2.45) is 5.41 Å². The van der Waals surface area contributed by atoms with E-state index < -0.39 is 5.41 Å². The number of benzene rings is 1. The van der Waals surface area contributed by atoms with Gasteiger partial charge in [-0.05, 0) is 19.9 Å². The molecule has 1 aromatic carbocycles. The van der Waals surface area contributed by atoms with Gasteiger partial charge in [-0.2, -0.15) is 5.26 Å². The van der Waals surface area contributed by atoms with Gasteiger partial charge in [0.25, 0.3) is 0 Å².